The Morgan fingerprint density at radius 1 is 1.43 bits per heavy atom. The molecule has 0 rings (SSSR count). The number of hydrogen-bond acceptors (Lipinski definition) is 5. The zero-order chi connectivity index (χ0) is 10.8. The summed E-state index contributed by atoms with van der Waals surface area (Å²) in [4.78, 5) is 18.9. The fourth-order valence-electron chi connectivity index (χ4n) is 0.532. The Hall–Kier alpha value is -1.30. The van der Waals surface area contributed by atoms with Crippen molar-refractivity contribution < 1.29 is 4.79 Å². The van der Waals surface area contributed by atoms with Crippen molar-refractivity contribution in [2.24, 2.45) is 9.98 Å². The van der Waals surface area contributed by atoms with Crippen molar-refractivity contribution in [1.29, 1.82) is 0 Å². The van der Waals surface area contributed by atoms with Gasteiger partial charge in [-0.1, -0.05) is 11.8 Å². The Morgan fingerprint density at radius 3 is 2.64 bits per heavy atom. The van der Waals surface area contributed by atoms with Crippen molar-refractivity contribution in [3.63, 3.8) is 0 Å². The van der Waals surface area contributed by atoms with Gasteiger partial charge in [0.1, 0.15) is 0 Å². The lowest BCUT2D eigenvalue weighted by Gasteiger charge is -1.98. The van der Waals surface area contributed by atoms with E-state index in [9.17, 15) is 4.79 Å². The van der Waals surface area contributed by atoms with Gasteiger partial charge in [0.25, 0.3) is 5.91 Å². The van der Waals surface area contributed by atoms with E-state index in [0.29, 0.717) is 5.04 Å². The summed E-state index contributed by atoms with van der Waals surface area (Å²) < 4.78 is 0. The van der Waals surface area contributed by atoms with E-state index in [1.165, 1.54) is 18.0 Å². The van der Waals surface area contributed by atoms with Crippen molar-refractivity contribution in [3.8, 4) is 0 Å². The monoisotopic (exact) mass is 214 g/mol. The summed E-state index contributed by atoms with van der Waals surface area (Å²) in [6.45, 7) is 0. The van der Waals surface area contributed by atoms with E-state index in [4.69, 9.17) is 0 Å². The first-order chi connectivity index (χ1) is 6.76. The predicted octanol–water partition coefficient (Wildman–Crippen LogP) is 0.213. The molecule has 0 aliphatic rings. The maximum absolute atomic E-state index is 11.2. The fraction of sp³-hybridized carbons (Fsp3) is 0.375. The Morgan fingerprint density at radius 2 is 2.14 bits per heavy atom. The van der Waals surface area contributed by atoms with Gasteiger partial charge in [-0.3, -0.25) is 9.79 Å². The first-order valence-electron chi connectivity index (χ1n) is 3.95. The molecule has 0 aromatic carbocycles. The van der Waals surface area contributed by atoms with Crippen molar-refractivity contribution in [2.45, 2.75) is 0 Å². The fourth-order valence-corrected chi connectivity index (χ4v) is 1.07. The van der Waals surface area contributed by atoms with Gasteiger partial charge in [-0.15, -0.1) is 0 Å². The number of aliphatic imine (C=N–C) groups is 2. The van der Waals surface area contributed by atoms with Gasteiger partial charge in [-0.25, -0.2) is 4.99 Å². The van der Waals surface area contributed by atoms with Crippen LogP contribution in [0, 0.1) is 0 Å². The number of rotatable bonds is 3. The van der Waals surface area contributed by atoms with Crippen LogP contribution in [0.3, 0.4) is 0 Å². The molecule has 1 amide bonds. The van der Waals surface area contributed by atoms with Crippen LogP contribution in [-0.2, 0) is 4.79 Å². The van der Waals surface area contributed by atoms with Gasteiger partial charge >= 0.3 is 0 Å². The molecule has 0 heterocycles. The highest BCUT2D eigenvalue weighted by atomic mass is 32.2. The number of amides is 1. The van der Waals surface area contributed by atoms with E-state index >= 15 is 0 Å². The maximum atomic E-state index is 11.2. The summed E-state index contributed by atoms with van der Waals surface area (Å²) in [6.07, 6.45) is 3.15. The second kappa shape index (κ2) is 8.31. The molecule has 0 aromatic heterocycles. The molecule has 6 heteroatoms. The molecule has 0 saturated heterocycles. The third-order valence-corrected chi connectivity index (χ3v) is 1.95. The number of nitrogens with zero attached hydrogens (tertiary/aromatic N) is 2. The lowest BCUT2D eigenvalue weighted by Crippen LogP contribution is -2.25. The minimum Gasteiger partial charge on any atom is -0.393 e. The second-order valence-electron chi connectivity index (χ2n) is 2.10. The van der Waals surface area contributed by atoms with E-state index in [0.717, 1.165) is 0 Å². The molecule has 0 bridgehead atoms. The number of carbonyl (C=O) groups excluding carboxylic acids is 1. The first-order valence-corrected chi connectivity index (χ1v) is 4.83. The molecule has 0 spiro atoms. The van der Waals surface area contributed by atoms with E-state index < -0.39 is 0 Å². The summed E-state index contributed by atoms with van der Waals surface area (Å²) in [5.41, 5.74) is 1.56. The van der Waals surface area contributed by atoms with Crippen molar-refractivity contribution in [2.75, 3.05) is 21.1 Å². The lowest BCUT2D eigenvalue weighted by molar-refractivity contribution is -0.114. The molecular weight excluding hydrogens is 200 g/mol. The van der Waals surface area contributed by atoms with Crippen molar-refractivity contribution >= 4 is 28.3 Å². The van der Waals surface area contributed by atoms with Gasteiger partial charge in [-0.05, 0) is 0 Å². The highest BCUT2D eigenvalue weighted by molar-refractivity contribution is 8.26. The number of carbonyl (C=O) groups is 1. The quantitative estimate of drug-likeness (QED) is 0.521. The predicted molar refractivity (Wildman–Crippen MR) is 61.7 cm³/mol. The number of nitrogens with one attached hydrogen (secondary N) is 2. The first kappa shape index (κ1) is 12.7. The van der Waals surface area contributed by atoms with Crippen LogP contribution in [0.2, 0.25) is 0 Å². The molecular formula is C8H14N4OS. The average Bonchev–Trinajstić information content (AvgIpc) is 2.22. The van der Waals surface area contributed by atoms with Gasteiger partial charge in [0.15, 0.2) is 5.04 Å². The van der Waals surface area contributed by atoms with Gasteiger partial charge in [0.2, 0.25) is 0 Å². The van der Waals surface area contributed by atoms with Gasteiger partial charge < -0.3 is 10.6 Å². The topological polar surface area (TPSA) is 65.8 Å². The van der Waals surface area contributed by atoms with Crippen molar-refractivity contribution in [1.82, 2.24) is 10.6 Å². The molecule has 0 saturated carbocycles. The molecule has 0 aromatic rings. The zero-order valence-electron chi connectivity index (χ0n) is 8.44. The summed E-state index contributed by atoms with van der Waals surface area (Å²) >= 11 is 1.17. The van der Waals surface area contributed by atoms with Crippen LogP contribution in [0.15, 0.2) is 22.4 Å². The highest BCUT2D eigenvalue weighted by Crippen LogP contribution is 2.00. The van der Waals surface area contributed by atoms with E-state index in [1.54, 1.807) is 32.9 Å². The van der Waals surface area contributed by atoms with Crippen molar-refractivity contribution in [3.05, 3.63) is 12.4 Å². The molecule has 0 radical (unpaired) electrons. The molecule has 5 nitrogen and oxygen atoms in total. The Bertz CT molecular complexity index is 260. The zero-order valence-corrected chi connectivity index (χ0v) is 9.26. The molecule has 2 N–H and O–H groups in total. The molecule has 0 fully saturated rings. The largest absolute Gasteiger partial charge is 0.393 e. The third-order valence-electron chi connectivity index (χ3n) is 1.12. The molecule has 0 unspecified atom stereocenters. The van der Waals surface area contributed by atoms with Gasteiger partial charge in [0.05, 0.1) is 5.55 Å². The normalized spacial score (nSPS) is 12.4. The second-order valence-corrected chi connectivity index (χ2v) is 2.93. The average molecular weight is 214 g/mol. The smallest absolute Gasteiger partial charge is 0.276 e. The molecule has 0 atom stereocenters. The van der Waals surface area contributed by atoms with Gasteiger partial charge in [-0.2, -0.15) is 0 Å². The highest BCUT2D eigenvalue weighted by Gasteiger charge is 2.07. The molecule has 0 aliphatic carbocycles. The van der Waals surface area contributed by atoms with Crippen LogP contribution in [0.4, 0.5) is 0 Å². The van der Waals surface area contributed by atoms with Crippen LogP contribution < -0.4 is 10.6 Å². The van der Waals surface area contributed by atoms with Crippen LogP contribution in [0.1, 0.15) is 0 Å². The van der Waals surface area contributed by atoms with Crippen LogP contribution in [0.5, 0.6) is 0 Å². The summed E-state index contributed by atoms with van der Waals surface area (Å²) in [6, 6.07) is 0. The summed E-state index contributed by atoms with van der Waals surface area (Å²) in [7, 11) is 4.95. The molecule has 0 aliphatic heterocycles. The Labute approximate surface area is 87.8 Å². The molecule has 78 valence electrons. The number of hydrogen-bond donors (Lipinski definition) is 2. The standard InChI is InChI=1S/C8H14N4OS/c1-9-4-5-12-8(7(13)11-3)14-6-10-2/h4-6,9H,1-3H3,(H,11,13)/b5-4+,10-6?,12-8?. The van der Waals surface area contributed by atoms with E-state index in [1.807, 2.05) is 0 Å². The Balaban J connectivity index is 4.45. The van der Waals surface area contributed by atoms with Crippen LogP contribution >= 0.6 is 11.8 Å². The van der Waals surface area contributed by atoms with Crippen LogP contribution in [0.25, 0.3) is 0 Å². The lowest BCUT2D eigenvalue weighted by atomic mass is 10.6. The minimum atomic E-state index is -0.226. The summed E-state index contributed by atoms with van der Waals surface area (Å²) in [5, 5.41) is 5.62. The third kappa shape index (κ3) is 5.36. The maximum Gasteiger partial charge on any atom is 0.276 e. The van der Waals surface area contributed by atoms with E-state index in [-0.39, 0.29) is 5.91 Å². The van der Waals surface area contributed by atoms with Crippen LogP contribution in [-0.4, -0.2) is 37.6 Å². The molecule has 14 heavy (non-hydrogen) atoms. The SMILES string of the molecule is CN=CSC(=N/C=C/NC)C(=O)NC. The van der Waals surface area contributed by atoms with Gasteiger partial charge in [0, 0.05) is 33.5 Å². The summed E-state index contributed by atoms with van der Waals surface area (Å²) in [5.74, 6) is -0.226. The Kier molecular flexibility index (Phi) is 7.53. The number of thioether (sulfide) groups is 1. The minimum absolute atomic E-state index is 0.226. The van der Waals surface area contributed by atoms with E-state index in [2.05, 4.69) is 20.6 Å².